The summed E-state index contributed by atoms with van der Waals surface area (Å²) in [5.74, 6) is -1.47. The van der Waals surface area contributed by atoms with Crippen molar-refractivity contribution in [2.75, 3.05) is 16.8 Å². The molecule has 2 heterocycles. The number of carbonyl (C=O) groups is 3. The second-order valence-electron chi connectivity index (χ2n) is 8.21. The molecule has 0 radical (unpaired) electrons. The van der Waals surface area contributed by atoms with Gasteiger partial charge in [0.1, 0.15) is 10.7 Å². The highest BCUT2D eigenvalue weighted by atomic mass is 35.5. The third kappa shape index (κ3) is 4.52. The zero-order chi connectivity index (χ0) is 24.7. The second-order valence-corrected chi connectivity index (χ2v) is 9.46. The first-order chi connectivity index (χ1) is 16.8. The third-order valence-electron chi connectivity index (χ3n) is 5.93. The molecule has 0 aliphatic carbocycles. The number of nitrogens with one attached hydrogen (secondary N) is 1. The van der Waals surface area contributed by atoms with Gasteiger partial charge in [0.2, 0.25) is 0 Å². The van der Waals surface area contributed by atoms with E-state index in [9.17, 15) is 14.4 Å². The summed E-state index contributed by atoms with van der Waals surface area (Å²) in [5.41, 5.74) is 3.42. The Morgan fingerprint density at radius 2 is 1.54 bits per heavy atom. The molecular weight excluding hydrogens is 509 g/mol. The van der Waals surface area contributed by atoms with Crippen molar-refractivity contribution in [3.05, 3.63) is 104 Å². The summed E-state index contributed by atoms with van der Waals surface area (Å²) in [4.78, 5) is 41.7. The molecule has 0 bridgehead atoms. The normalized spacial score (nSPS) is 15.5. The van der Waals surface area contributed by atoms with E-state index in [1.807, 2.05) is 18.2 Å². The smallest absolute Gasteiger partial charge is 0.283 e. The average molecular weight is 527 g/mol. The number of anilines is 2. The van der Waals surface area contributed by atoms with Gasteiger partial charge in [0.15, 0.2) is 0 Å². The maximum absolute atomic E-state index is 13.2. The highest BCUT2D eigenvalue weighted by molar-refractivity contribution is 6.53. The number of hydrogen-bond acceptors (Lipinski definition) is 4. The van der Waals surface area contributed by atoms with Crippen LogP contribution in [0.4, 0.5) is 11.4 Å². The first kappa shape index (κ1) is 23.4. The molecule has 35 heavy (non-hydrogen) atoms. The summed E-state index contributed by atoms with van der Waals surface area (Å²) in [7, 11) is 0. The minimum absolute atomic E-state index is 0.0933. The molecule has 176 valence electrons. The number of nitrogens with zero attached hydrogens (tertiary/aromatic N) is 2. The van der Waals surface area contributed by atoms with Crippen LogP contribution in [0.5, 0.6) is 0 Å². The van der Waals surface area contributed by atoms with Crippen LogP contribution in [0.1, 0.15) is 21.5 Å². The van der Waals surface area contributed by atoms with Gasteiger partial charge in [0, 0.05) is 34.4 Å². The summed E-state index contributed by atoms with van der Waals surface area (Å²) in [5, 5.41) is 3.19. The molecular formula is C26H18Cl3N3O3. The van der Waals surface area contributed by atoms with Crippen LogP contribution in [-0.2, 0) is 22.6 Å². The van der Waals surface area contributed by atoms with Crippen LogP contribution in [0.2, 0.25) is 10.0 Å². The van der Waals surface area contributed by atoms with Crippen LogP contribution >= 0.6 is 34.8 Å². The van der Waals surface area contributed by atoms with Gasteiger partial charge in [-0.3, -0.25) is 14.4 Å². The van der Waals surface area contributed by atoms with Crippen molar-refractivity contribution in [2.45, 2.75) is 13.0 Å². The van der Waals surface area contributed by atoms with Crippen LogP contribution in [0, 0.1) is 0 Å². The number of benzene rings is 3. The summed E-state index contributed by atoms with van der Waals surface area (Å²) in [6, 6.07) is 19.2. The van der Waals surface area contributed by atoms with E-state index in [4.69, 9.17) is 34.8 Å². The summed E-state index contributed by atoms with van der Waals surface area (Å²) >= 11 is 18.3. The Balaban J connectivity index is 1.36. The van der Waals surface area contributed by atoms with Gasteiger partial charge in [-0.15, -0.1) is 0 Å². The van der Waals surface area contributed by atoms with Crippen molar-refractivity contribution >= 4 is 63.9 Å². The summed E-state index contributed by atoms with van der Waals surface area (Å²) < 4.78 is 0. The lowest BCUT2D eigenvalue weighted by Gasteiger charge is -2.29. The predicted molar refractivity (Wildman–Crippen MR) is 137 cm³/mol. The lowest BCUT2D eigenvalue weighted by Crippen LogP contribution is -2.36. The zero-order valence-corrected chi connectivity index (χ0v) is 20.5. The molecule has 0 aromatic heterocycles. The van der Waals surface area contributed by atoms with E-state index in [0.717, 1.165) is 16.9 Å². The SMILES string of the molecule is O=C(c1cccc(NC2=C(Cl)C(=O)N(c3cc(Cl)cc(Cl)c3)C2=O)c1)N1CCc2ccccc2C1. The Kier molecular flexibility index (Phi) is 6.28. The van der Waals surface area contributed by atoms with E-state index in [-0.39, 0.29) is 32.4 Å². The van der Waals surface area contributed by atoms with E-state index in [1.54, 1.807) is 29.2 Å². The minimum atomic E-state index is -0.697. The molecule has 6 nitrogen and oxygen atoms in total. The second kappa shape index (κ2) is 9.38. The Morgan fingerprint density at radius 1 is 0.829 bits per heavy atom. The largest absolute Gasteiger partial charge is 0.350 e. The van der Waals surface area contributed by atoms with Gasteiger partial charge in [-0.2, -0.15) is 0 Å². The van der Waals surface area contributed by atoms with Crippen LogP contribution in [0.15, 0.2) is 77.5 Å². The van der Waals surface area contributed by atoms with E-state index in [0.29, 0.717) is 24.3 Å². The molecule has 9 heteroatoms. The molecule has 0 atom stereocenters. The molecule has 0 saturated heterocycles. The molecule has 0 fully saturated rings. The number of rotatable bonds is 4. The quantitative estimate of drug-likeness (QED) is 0.448. The molecule has 3 amide bonds. The molecule has 0 spiro atoms. The van der Waals surface area contributed by atoms with Crippen molar-refractivity contribution in [3.63, 3.8) is 0 Å². The van der Waals surface area contributed by atoms with E-state index in [2.05, 4.69) is 11.4 Å². The van der Waals surface area contributed by atoms with Crippen molar-refractivity contribution < 1.29 is 14.4 Å². The number of carbonyl (C=O) groups excluding carboxylic acids is 3. The number of imide groups is 1. The summed E-state index contributed by atoms with van der Waals surface area (Å²) in [6.45, 7) is 1.16. The van der Waals surface area contributed by atoms with Crippen LogP contribution in [-0.4, -0.2) is 29.2 Å². The van der Waals surface area contributed by atoms with Gasteiger partial charge < -0.3 is 10.2 Å². The van der Waals surface area contributed by atoms with E-state index < -0.39 is 11.8 Å². The highest BCUT2D eigenvalue weighted by Crippen LogP contribution is 2.33. The zero-order valence-electron chi connectivity index (χ0n) is 18.2. The monoisotopic (exact) mass is 525 g/mol. The minimum Gasteiger partial charge on any atom is -0.350 e. The number of amides is 3. The van der Waals surface area contributed by atoms with Gasteiger partial charge >= 0.3 is 0 Å². The lowest BCUT2D eigenvalue weighted by atomic mass is 9.99. The molecule has 2 aliphatic rings. The molecule has 0 saturated carbocycles. The standard InChI is InChI=1S/C26H18Cl3N3O3/c27-18-11-19(28)13-21(12-18)32-25(34)22(29)23(26(32)35)30-20-7-3-6-16(10-20)24(33)31-9-8-15-4-1-2-5-17(15)14-31/h1-7,10-13,30H,8-9,14H2. The maximum atomic E-state index is 13.2. The first-order valence-electron chi connectivity index (χ1n) is 10.8. The van der Waals surface area contributed by atoms with Gasteiger partial charge in [-0.05, 0) is 53.9 Å². The first-order valence-corrected chi connectivity index (χ1v) is 11.9. The Hall–Kier alpha value is -3.32. The summed E-state index contributed by atoms with van der Waals surface area (Å²) in [6.07, 6.45) is 0.794. The molecule has 5 rings (SSSR count). The van der Waals surface area contributed by atoms with Crippen molar-refractivity contribution in [3.8, 4) is 0 Å². The van der Waals surface area contributed by atoms with Crippen LogP contribution < -0.4 is 10.2 Å². The number of fused-ring (bicyclic) bond motifs is 1. The molecule has 3 aromatic carbocycles. The maximum Gasteiger partial charge on any atom is 0.283 e. The fraction of sp³-hybridized carbons (Fsp3) is 0.115. The van der Waals surface area contributed by atoms with Crippen molar-refractivity contribution in [1.82, 2.24) is 4.90 Å². The number of halogens is 3. The van der Waals surface area contributed by atoms with Gasteiger partial charge in [0.05, 0.1) is 5.69 Å². The van der Waals surface area contributed by atoms with Crippen LogP contribution in [0.25, 0.3) is 0 Å². The van der Waals surface area contributed by atoms with Gasteiger partial charge in [-0.25, -0.2) is 4.90 Å². The highest BCUT2D eigenvalue weighted by Gasteiger charge is 2.39. The fourth-order valence-electron chi connectivity index (χ4n) is 4.24. The third-order valence-corrected chi connectivity index (χ3v) is 6.72. The van der Waals surface area contributed by atoms with Crippen LogP contribution in [0.3, 0.4) is 0 Å². The molecule has 0 unspecified atom stereocenters. The molecule has 3 aromatic rings. The Bertz CT molecular complexity index is 1400. The lowest BCUT2D eigenvalue weighted by molar-refractivity contribution is -0.120. The fourth-order valence-corrected chi connectivity index (χ4v) is 4.97. The van der Waals surface area contributed by atoms with Crippen molar-refractivity contribution in [2.24, 2.45) is 0 Å². The van der Waals surface area contributed by atoms with E-state index >= 15 is 0 Å². The number of hydrogen-bond donors (Lipinski definition) is 1. The van der Waals surface area contributed by atoms with Crippen molar-refractivity contribution in [1.29, 1.82) is 0 Å². The van der Waals surface area contributed by atoms with Gasteiger partial charge in [-0.1, -0.05) is 65.1 Å². The Morgan fingerprint density at radius 3 is 2.29 bits per heavy atom. The molecule has 1 N–H and O–H groups in total. The topological polar surface area (TPSA) is 69.7 Å². The van der Waals surface area contributed by atoms with Gasteiger partial charge in [0.25, 0.3) is 17.7 Å². The molecule has 2 aliphatic heterocycles. The average Bonchev–Trinajstić information content (AvgIpc) is 3.06. The predicted octanol–water partition coefficient (Wildman–Crippen LogP) is 5.63. The van der Waals surface area contributed by atoms with E-state index in [1.165, 1.54) is 23.8 Å². The Labute approximate surface area is 216 Å².